The summed E-state index contributed by atoms with van der Waals surface area (Å²) in [6.07, 6.45) is 14.9. The molecule has 1 nitrogen and oxygen atoms in total. The van der Waals surface area contributed by atoms with Crippen molar-refractivity contribution in [2.45, 2.75) is 77.2 Å². The Balaban J connectivity index is 1.81. The average molecular weight is 223 g/mol. The molecule has 2 rings (SSSR count). The summed E-state index contributed by atoms with van der Waals surface area (Å²) in [7, 11) is 0. The lowest BCUT2D eigenvalue weighted by atomic mass is 9.83. The van der Waals surface area contributed by atoms with Crippen molar-refractivity contribution in [3.63, 3.8) is 0 Å². The lowest BCUT2D eigenvalue weighted by molar-refractivity contribution is 0.269. The Morgan fingerprint density at radius 3 is 2.12 bits per heavy atom. The molecule has 0 aromatic rings. The van der Waals surface area contributed by atoms with Crippen molar-refractivity contribution in [2.75, 3.05) is 6.54 Å². The summed E-state index contributed by atoms with van der Waals surface area (Å²) in [5, 5.41) is 3.77. The Bertz CT molecular complexity index is 178. The lowest BCUT2D eigenvalue weighted by Gasteiger charge is -2.29. The van der Waals surface area contributed by atoms with Crippen molar-refractivity contribution in [3.05, 3.63) is 0 Å². The van der Waals surface area contributed by atoms with Crippen molar-refractivity contribution < 1.29 is 0 Å². The summed E-state index contributed by atoms with van der Waals surface area (Å²) < 4.78 is 0. The fourth-order valence-corrected chi connectivity index (χ4v) is 3.31. The zero-order valence-electron chi connectivity index (χ0n) is 11.0. The van der Waals surface area contributed by atoms with Crippen molar-refractivity contribution in [3.8, 4) is 0 Å². The van der Waals surface area contributed by atoms with Crippen molar-refractivity contribution in [1.29, 1.82) is 0 Å². The monoisotopic (exact) mass is 223 g/mol. The molecule has 2 saturated carbocycles. The highest BCUT2D eigenvalue weighted by molar-refractivity contribution is 4.84. The Morgan fingerprint density at radius 2 is 1.56 bits per heavy atom. The van der Waals surface area contributed by atoms with Gasteiger partial charge >= 0.3 is 0 Å². The molecule has 0 aromatic heterocycles. The number of hydrogen-bond acceptors (Lipinski definition) is 1. The highest BCUT2D eigenvalue weighted by atomic mass is 14.9. The maximum absolute atomic E-state index is 3.77. The van der Waals surface area contributed by atoms with Gasteiger partial charge in [-0.3, -0.25) is 0 Å². The number of nitrogens with one attached hydrogen (secondary N) is 1. The van der Waals surface area contributed by atoms with Crippen LogP contribution in [0.5, 0.6) is 0 Å². The Hall–Kier alpha value is -0.0400. The molecule has 2 aliphatic carbocycles. The molecule has 1 unspecified atom stereocenters. The number of hydrogen-bond donors (Lipinski definition) is 1. The first-order valence-electron chi connectivity index (χ1n) is 7.63. The third kappa shape index (κ3) is 4.08. The summed E-state index contributed by atoms with van der Waals surface area (Å²) in [5.41, 5.74) is 0. The van der Waals surface area contributed by atoms with Gasteiger partial charge in [-0.15, -0.1) is 0 Å². The van der Waals surface area contributed by atoms with E-state index in [0.29, 0.717) is 0 Å². The van der Waals surface area contributed by atoms with E-state index in [9.17, 15) is 0 Å². The third-order valence-electron chi connectivity index (χ3n) is 4.47. The molecule has 0 spiro atoms. The van der Waals surface area contributed by atoms with Crippen LogP contribution in [0.3, 0.4) is 0 Å². The molecule has 1 N–H and O–H groups in total. The van der Waals surface area contributed by atoms with E-state index in [0.717, 1.165) is 24.4 Å². The van der Waals surface area contributed by atoms with Crippen LogP contribution in [0.4, 0.5) is 0 Å². The summed E-state index contributed by atoms with van der Waals surface area (Å²) in [4.78, 5) is 0. The molecule has 0 bridgehead atoms. The zero-order valence-corrected chi connectivity index (χ0v) is 11.0. The summed E-state index contributed by atoms with van der Waals surface area (Å²) in [6.45, 7) is 3.43. The molecule has 1 heteroatoms. The summed E-state index contributed by atoms with van der Waals surface area (Å²) in [5.74, 6) is 2.07. The van der Waals surface area contributed by atoms with Crippen molar-refractivity contribution in [2.24, 2.45) is 11.8 Å². The van der Waals surface area contributed by atoms with Gasteiger partial charge in [0.25, 0.3) is 0 Å². The van der Waals surface area contributed by atoms with Gasteiger partial charge in [0, 0.05) is 6.04 Å². The van der Waals surface area contributed by atoms with Crippen LogP contribution in [0.1, 0.15) is 71.1 Å². The van der Waals surface area contributed by atoms with Crippen LogP contribution in [0.15, 0.2) is 0 Å². The SMILES string of the molecule is CCNC(CC1CC1)C1CCCCCCC1. The Morgan fingerprint density at radius 1 is 0.938 bits per heavy atom. The van der Waals surface area contributed by atoms with Crippen LogP contribution in [0.25, 0.3) is 0 Å². The first-order valence-corrected chi connectivity index (χ1v) is 7.63. The number of rotatable bonds is 5. The molecule has 2 fully saturated rings. The van der Waals surface area contributed by atoms with Crippen molar-refractivity contribution >= 4 is 0 Å². The van der Waals surface area contributed by atoms with Gasteiger partial charge in [0.05, 0.1) is 0 Å². The zero-order chi connectivity index (χ0) is 11.2. The van der Waals surface area contributed by atoms with Crippen LogP contribution in [0.2, 0.25) is 0 Å². The van der Waals surface area contributed by atoms with Crippen LogP contribution in [-0.4, -0.2) is 12.6 Å². The largest absolute Gasteiger partial charge is 0.314 e. The van der Waals surface area contributed by atoms with E-state index in [2.05, 4.69) is 12.2 Å². The second-order valence-electron chi connectivity index (χ2n) is 5.95. The summed E-state index contributed by atoms with van der Waals surface area (Å²) in [6, 6.07) is 0.843. The van der Waals surface area contributed by atoms with Crippen LogP contribution in [0, 0.1) is 11.8 Å². The van der Waals surface area contributed by atoms with Gasteiger partial charge in [0.15, 0.2) is 0 Å². The molecule has 16 heavy (non-hydrogen) atoms. The molecule has 0 heterocycles. The Kier molecular flexibility index (Phi) is 5.15. The van der Waals surface area contributed by atoms with Crippen LogP contribution >= 0.6 is 0 Å². The fourth-order valence-electron chi connectivity index (χ4n) is 3.31. The van der Waals surface area contributed by atoms with Crippen LogP contribution < -0.4 is 5.32 Å². The molecular weight excluding hydrogens is 194 g/mol. The van der Waals surface area contributed by atoms with Gasteiger partial charge in [0.2, 0.25) is 0 Å². The predicted molar refractivity (Wildman–Crippen MR) is 70.6 cm³/mol. The molecule has 0 aromatic carbocycles. The standard InChI is InChI=1S/C15H29N/c1-2-16-15(12-13-10-11-13)14-8-6-4-3-5-7-9-14/h13-16H,2-12H2,1H3. The van der Waals surface area contributed by atoms with Gasteiger partial charge in [-0.05, 0) is 37.6 Å². The van der Waals surface area contributed by atoms with E-state index in [-0.39, 0.29) is 0 Å². The average Bonchev–Trinajstić information content (AvgIpc) is 3.00. The molecule has 94 valence electrons. The van der Waals surface area contributed by atoms with E-state index in [4.69, 9.17) is 0 Å². The van der Waals surface area contributed by atoms with Gasteiger partial charge in [-0.25, -0.2) is 0 Å². The highest BCUT2D eigenvalue weighted by Crippen LogP contribution is 2.37. The smallest absolute Gasteiger partial charge is 0.00978 e. The van der Waals surface area contributed by atoms with E-state index >= 15 is 0 Å². The minimum Gasteiger partial charge on any atom is -0.314 e. The maximum Gasteiger partial charge on any atom is 0.00978 e. The second-order valence-corrected chi connectivity index (χ2v) is 5.95. The first-order chi connectivity index (χ1) is 7.90. The van der Waals surface area contributed by atoms with Gasteiger partial charge in [0.1, 0.15) is 0 Å². The van der Waals surface area contributed by atoms with Gasteiger partial charge < -0.3 is 5.32 Å². The maximum atomic E-state index is 3.77. The Labute approximate surface area is 101 Å². The lowest BCUT2D eigenvalue weighted by Crippen LogP contribution is -2.37. The topological polar surface area (TPSA) is 12.0 Å². The van der Waals surface area contributed by atoms with E-state index in [1.165, 1.54) is 64.2 Å². The molecule has 2 aliphatic rings. The molecule has 0 amide bonds. The molecule has 0 radical (unpaired) electrons. The normalized spacial score (nSPS) is 26.1. The highest BCUT2D eigenvalue weighted by Gasteiger charge is 2.29. The summed E-state index contributed by atoms with van der Waals surface area (Å²) >= 11 is 0. The third-order valence-corrected chi connectivity index (χ3v) is 4.47. The molecule has 0 saturated heterocycles. The minimum absolute atomic E-state index is 0.843. The second kappa shape index (κ2) is 6.64. The fraction of sp³-hybridized carbons (Fsp3) is 1.00. The first kappa shape index (κ1) is 12.4. The van der Waals surface area contributed by atoms with E-state index < -0.39 is 0 Å². The molecule has 0 aliphatic heterocycles. The van der Waals surface area contributed by atoms with Crippen LogP contribution in [-0.2, 0) is 0 Å². The minimum atomic E-state index is 0.843. The van der Waals surface area contributed by atoms with Crippen molar-refractivity contribution in [1.82, 2.24) is 5.32 Å². The van der Waals surface area contributed by atoms with Gasteiger partial charge in [-0.1, -0.05) is 51.9 Å². The molecule has 1 atom stereocenters. The predicted octanol–water partition coefficient (Wildman–Crippen LogP) is 4.13. The van der Waals surface area contributed by atoms with E-state index in [1.54, 1.807) is 0 Å². The quantitative estimate of drug-likeness (QED) is 0.739. The van der Waals surface area contributed by atoms with Gasteiger partial charge in [-0.2, -0.15) is 0 Å². The van der Waals surface area contributed by atoms with E-state index in [1.807, 2.05) is 0 Å². The molecular formula is C15H29N.